The zero-order valence-corrected chi connectivity index (χ0v) is 23.0. The number of hydrogen-bond acceptors (Lipinski definition) is 4. The average Bonchev–Trinajstić information content (AvgIpc) is 2.66. The summed E-state index contributed by atoms with van der Waals surface area (Å²) in [6, 6.07) is 4.32. The van der Waals surface area contributed by atoms with E-state index in [9.17, 15) is 14.4 Å². The second-order valence-corrected chi connectivity index (χ2v) is 11.3. The first kappa shape index (κ1) is 28.7. The molecule has 3 amide bonds. The number of nitrogens with zero attached hydrogens (tertiary/aromatic N) is 1. The lowest BCUT2D eigenvalue weighted by Crippen LogP contribution is -2.59. The van der Waals surface area contributed by atoms with E-state index in [1.54, 1.807) is 25.7 Å². The summed E-state index contributed by atoms with van der Waals surface area (Å²) in [5, 5.41) is 5.86. The SMILES string of the molecule is CCC(C)C(NC(=O)OC(C)(C)C)C(=O)N(C1CCC1)C(C(=O)NC(C)C)c1cc(C)cc(C)c1. The van der Waals surface area contributed by atoms with Gasteiger partial charge in [0.05, 0.1) is 0 Å². The van der Waals surface area contributed by atoms with Crippen molar-refractivity contribution >= 4 is 17.9 Å². The fourth-order valence-corrected chi connectivity index (χ4v) is 4.43. The van der Waals surface area contributed by atoms with Crippen LogP contribution in [-0.4, -0.2) is 46.5 Å². The van der Waals surface area contributed by atoms with Gasteiger partial charge in [-0.2, -0.15) is 0 Å². The molecule has 1 saturated carbocycles. The molecule has 1 aromatic rings. The summed E-state index contributed by atoms with van der Waals surface area (Å²) in [4.78, 5) is 42.3. The average molecular weight is 488 g/mol. The Morgan fingerprint density at radius 3 is 2.03 bits per heavy atom. The van der Waals surface area contributed by atoms with Crippen molar-refractivity contribution in [3.8, 4) is 0 Å². The molecule has 0 bridgehead atoms. The van der Waals surface area contributed by atoms with Crippen molar-refractivity contribution in [3.05, 3.63) is 34.9 Å². The number of hydrogen-bond donors (Lipinski definition) is 2. The van der Waals surface area contributed by atoms with E-state index < -0.39 is 23.8 Å². The highest BCUT2D eigenvalue weighted by Crippen LogP contribution is 2.35. The molecule has 1 aromatic carbocycles. The fourth-order valence-electron chi connectivity index (χ4n) is 4.43. The van der Waals surface area contributed by atoms with Gasteiger partial charge >= 0.3 is 6.09 Å². The topological polar surface area (TPSA) is 87.7 Å². The minimum atomic E-state index is -0.796. The number of alkyl carbamates (subject to hydrolysis) is 1. The van der Waals surface area contributed by atoms with Crippen molar-refractivity contribution in [1.29, 1.82) is 0 Å². The van der Waals surface area contributed by atoms with E-state index in [0.717, 1.165) is 36.0 Å². The fraction of sp³-hybridized carbons (Fsp3) is 0.679. The summed E-state index contributed by atoms with van der Waals surface area (Å²) in [5.41, 5.74) is 2.18. The molecule has 0 radical (unpaired) electrons. The minimum Gasteiger partial charge on any atom is -0.444 e. The number of nitrogens with one attached hydrogen (secondary N) is 2. The van der Waals surface area contributed by atoms with Crippen LogP contribution >= 0.6 is 0 Å². The Kier molecular flexibility index (Phi) is 9.76. The van der Waals surface area contributed by atoms with Gasteiger partial charge < -0.3 is 20.3 Å². The van der Waals surface area contributed by atoms with Crippen molar-refractivity contribution in [2.45, 2.75) is 118 Å². The first-order valence-electron chi connectivity index (χ1n) is 12.9. The molecule has 3 unspecified atom stereocenters. The number of carbonyl (C=O) groups is 3. The van der Waals surface area contributed by atoms with E-state index in [-0.39, 0.29) is 29.8 Å². The molecule has 0 saturated heterocycles. The van der Waals surface area contributed by atoms with Gasteiger partial charge in [0.1, 0.15) is 17.7 Å². The van der Waals surface area contributed by atoms with Crippen molar-refractivity contribution in [2.75, 3.05) is 0 Å². The standard InChI is InChI=1S/C28H45N3O4/c1-10-20(6)23(30-27(34)35-28(7,8)9)26(33)31(22-12-11-13-22)24(25(32)29-17(2)3)21-15-18(4)14-19(5)16-21/h14-17,20,22-24H,10-13H2,1-9H3,(H,29,32)(H,30,34). The van der Waals surface area contributed by atoms with E-state index >= 15 is 0 Å². The molecule has 0 heterocycles. The molecule has 1 aliphatic carbocycles. The molecule has 7 heteroatoms. The van der Waals surface area contributed by atoms with Crippen molar-refractivity contribution in [2.24, 2.45) is 5.92 Å². The number of aryl methyl sites for hydroxylation is 2. The molecule has 35 heavy (non-hydrogen) atoms. The Morgan fingerprint density at radius 2 is 1.60 bits per heavy atom. The van der Waals surface area contributed by atoms with Gasteiger partial charge in [-0.05, 0) is 79.2 Å². The Hall–Kier alpha value is -2.57. The lowest BCUT2D eigenvalue weighted by molar-refractivity contribution is -0.148. The number of ether oxygens (including phenoxy) is 1. The van der Waals surface area contributed by atoms with E-state index in [2.05, 4.69) is 16.7 Å². The number of rotatable bonds is 9. The Labute approximate surface area is 211 Å². The van der Waals surface area contributed by atoms with Gasteiger partial charge in [0, 0.05) is 12.1 Å². The van der Waals surface area contributed by atoms with Crippen molar-refractivity contribution < 1.29 is 19.1 Å². The van der Waals surface area contributed by atoms with Crippen LogP contribution in [0.25, 0.3) is 0 Å². The molecule has 0 spiro atoms. The van der Waals surface area contributed by atoms with Gasteiger partial charge in [0.15, 0.2) is 0 Å². The van der Waals surface area contributed by atoms with Gasteiger partial charge in [-0.25, -0.2) is 4.79 Å². The van der Waals surface area contributed by atoms with Crippen LogP contribution in [0.15, 0.2) is 18.2 Å². The smallest absolute Gasteiger partial charge is 0.408 e. The second kappa shape index (κ2) is 11.9. The maximum absolute atomic E-state index is 14.2. The number of amides is 3. The van der Waals surface area contributed by atoms with Crippen LogP contribution in [0.3, 0.4) is 0 Å². The van der Waals surface area contributed by atoms with Crippen LogP contribution in [0.1, 0.15) is 96.9 Å². The molecule has 196 valence electrons. The van der Waals surface area contributed by atoms with Gasteiger partial charge in [-0.1, -0.05) is 49.6 Å². The molecule has 0 aromatic heterocycles. The predicted octanol–water partition coefficient (Wildman–Crippen LogP) is 5.19. The number of benzene rings is 1. The van der Waals surface area contributed by atoms with Gasteiger partial charge in [-0.15, -0.1) is 0 Å². The molecule has 1 fully saturated rings. The first-order valence-corrected chi connectivity index (χ1v) is 12.9. The van der Waals surface area contributed by atoms with Crippen LogP contribution in [0, 0.1) is 19.8 Å². The Morgan fingerprint density at radius 1 is 1.03 bits per heavy atom. The maximum Gasteiger partial charge on any atom is 0.408 e. The zero-order valence-electron chi connectivity index (χ0n) is 23.0. The van der Waals surface area contributed by atoms with Crippen LogP contribution in [0.4, 0.5) is 4.79 Å². The predicted molar refractivity (Wildman–Crippen MR) is 139 cm³/mol. The summed E-state index contributed by atoms with van der Waals surface area (Å²) < 4.78 is 5.47. The molecule has 2 rings (SSSR count). The summed E-state index contributed by atoms with van der Waals surface area (Å²) in [7, 11) is 0. The van der Waals surface area contributed by atoms with Crippen molar-refractivity contribution in [1.82, 2.24) is 15.5 Å². The molecule has 0 aliphatic heterocycles. The third-order valence-electron chi connectivity index (χ3n) is 6.39. The monoisotopic (exact) mass is 487 g/mol. The van der Waals surface area contributed by atoms with Crippen LogP contribution in [-0.2, 0) is 14.3 Å². The van der Waals surface area contributed by atoms with Crippen LogP contribution in [0.2, 0.25) is 0 Å². The normalized spacial score (nSPS) is 16.6. The number of carbonyl (C=O) groups excluding carboxylic acids is 3. The second-order valence-electron chi connectivity index (χ2n) is 11.3. The van der Waals surface area contributed by atoms with E-state index in [0.29, 0.717) is 6.42 Å². The Bertz CT molecular complexity index is 882. The third kappa shape index (κ3) is 7.97. The van der Waals surface area contributed by atoms with Crippen LogP contribution in [0.5, 0.6) is 0 Å². The molecule has 1 aliphatic rings. The summed E-state index contributed by atoms with van der Waals surface area (Å²) >= 11 is 0. The third-order valence-corrected chi connectivity index (χ3v) is 6.39. The van der Waals surface area contributed by atoms with Crippen molar-refractivity contribution in [3.63, 3.8) is 0 Å². The molecule has 2 N–H and O–H groups in total. The molecule has 3 atom stereocenters. The Balaban J connectivity index is 2.54. The van der Waals surface area contributed by atoms with E-state index in [1.807, 2.05) is 53.7 Å². The highest BCUT2D eigenvalue weighted by molar-refractivity contribution is 5.92. The lowest BCUT2D eigenvalue weighted by Gasteiger charge is -2.44. The highest BCUT2D eigenvalue weighted by atomic mass is 16.6. The van der Waals surface area contributed by atoms with Gasteiger partial charge in [0.25, 0.3) is 0 Å². The largest absolute Gasteiger partial charge is 0.444 e. The van der Waals surface area contributed by atoms with Crippen LogP contribution < -0.4 is 10.6 Å². The summed E-state index contributed by atoms with van der Waals surface area (Å²) in [6.45, 7) is 17.1. The quantitative estimate of drug-likeness (QED) is 0.502. The van der Waals surface area contributed by atoms with Gasteiger partial charge in [0.2, 0.25) is 11.8 Å². The maximum atomic E-state index is 14.2. The van der Waals surface area contributed by atoms with E-state index in [4.69, 9.17) is 4.74 Å². The molecule has 7 nitrogen and oxygen atoms in total. The summed E-state index contributed by atoms with van der Waals surface area (Å²) in [6.07, 6.45) is 2.74. The molecular formula is C28H45N3O4. The zero-order chi connectivity index (χ0) is 26.5. The summed E-state index contributed by atoms with van der Waals surface area (Å²) in [5.74, 6) is -0.575. The first-order chi connectivity index (χ1) is 16.2. The highest BCUT2D eigenvalue weighted by Gasteiger charge is 2.43. The lowest BCUT2D eigenvalue weighted by atomic mass is 9.86. The van der Waals surface area contributed by atoms with E-state index in [1.165, 1.54) is 0 Å². The minimum absolute atomic E-state index is 0.0572. The molecular weight excluding hydrogens is 442 g/mol. The van der Waals surface area contributed by atoms with Gasteiger partial charge in [-0.3, -0.25) is 9.59 Å².